The highest BCUT2D eigenvalue weighted by molar-refractivity contribution is 7.52. The molecule has 5 N–H and O–H groups in total. The number of ether oxygens (including phenoxy) is 2. The highest BCUT2D eigenvalue weighted by atomic mass is 35.5. The van der Waals surface area contributed by atoms with Gasteiger partial charge in [-0.1, -0.05) is 41.6 Å². The minimum absolute atomic E-state index is 0.0423. The largest absolute Gasteiger partial charge is 0.462 e. The maximum Gasteiger partial charge on any atom is 0.459 e. The van der Waals surface area contributed by atoms with Gasteiger partial charge in [-0.2, -0.15) is 10.1 Å². The maximum atomic E-state index is 13.9. The second-order valence-electron chi connectivity index (χ2n) is 9.48. The molecule has 14 nitrogen and oxygen atoms in total. The molecule has 1 fully saturated rings. The lowest BCUT2D eigenvalue weighted by atomic mass is 9.99. The van der Waals surface area contributed by atoms with Crippen molar-refractivity contribution < 1.29 is 37.4 Å². The number of halogens is 2. The molecule has 0 aliphatic carbocycles. The van der Waals surface area contributed by atoms with Crippen LogP contribution < -0.4 is 20.9 Å². The summed E-state index contributed by atoms with van der Waals surface area (Å²) in [6, 6.07) is 6.90. The van der Waals surface area contributed by atoms with Gasteiger partial charge in [0.1, 0.15) is 30.7 Å². The molecule has 2 aromatic heterocycles. The normalized spacial score (nSPS) is 24.1. The van der Waals surface area contributed by atoms with E-state index in [-0.39, 0.29) is 22.9 Å². The van der Waals surface area contributed by atoms with Gasteiger partial charge < -0.3 is 24.8 Å². The van der Waals surface area contributed by atoms with Crippen molar-refractivity contribution in [3.63, 3.8) is 0 Å². The van der Waals surface area contributed by atoms with Gasteiger partial charge in [-0.15, -0.1) is 0 Å². The van der Waals surface area contributed by atoms with Gasteiger partial charge in [-0.05, 0) is 32.9 Å². The Bertz CT molecular complexity index is 1590. The Morgan fingerprint density at radius 2 is 2.10 bits per heavy atom. The van der Waals surface area contributed by atoms with Crippen LogP contribution in [0.3, 0.4) is 0 Å². The van der Waals surface area contributed by atoms with E-state index in [4.69, 9.17) is 35.9 Å². The Labute approximate surface area is 244 Å². The number of nitrogens with two attached hydrogens (primary N) is 1. The molecular weight excluding hydrogens is 598 g/mol. The van der Waals surface area contributed by atoms with Gasteiger partial charge in [-0.3, -0.25) is 23.7 Å². The molecule has 42 heavy (non-hydrogen) atoms. The van der Waals surface area contributed by atoms with Crippen molar-refractivity contribution in [1.29, 1.82) is 0 Å². The van der Waals surface area contributed by atoms with Crippen molar-refractivity contribution in [2.24, 2.45) is 0 Å². The van der Waals surface area contributed by atoms with Gasteiger partial charge in [0, 0.05) is 0 Å². The third-order valence-corrected chi connectivity index (χ3v) is 8.08. The number of esters is 1. The number of nitrogen functional groups attached to an aromatic ring is 1. The lowest BCUT2D eigenvalue weighted by Gasteiger charge is -2.26. The second kappa shape index (κ2) is 12.8. The van der Waals surface area contributed by atoms with Crippen LogP contribution in [0.4, 0.5) is 10.3 Å². The zero-order chi connectivity index (χ0) is 30.7. The Morgan fingerprint density at radius 1 is 1.38 bits per heavy atom. The number of para-hydroxylation sites is 1. The topological polar surface area (TPSA) is 193 Å². The lowest BCUT2D eigenvalue weighted by molar-refractivity contribution is -0.149. The number of anilines is 1. The van der Waals surface area contributed by atoms with Crippen LogP contribution in [0.15, 0.2) is 41.5 Å². The van der Waals surface area contributed by atoms with E-state index >= 15 is 0 Å². The van der Waals surface area contributed by atoms with E-state index < -0.39 is 68.0 Å². The van der Waals surface area contributed by atoms with Gasteiger partial charge in [0.2, 0.25) is 5.95 Å². The van der Waals surface area contributed by atoms with Gasteiger partial charge in [-0.25, -0.2) is 13.9 Å². The number of aromatic nitrogens is 4. The monoisotopic (exact) mass is 626 g/mol. The van der Waals surface area contributed by atoms with Crippen LogP contribution in [0.5, 0.6) is 5.75 Å². The summed E-state index contributed by atoms with van der Waals surface area (Å²) < 4.78 is 50.5. The predicted molar refractivity (Wildman–Crippen MR) is 149 cm³/mol. The summed E-state index contributed by atoms with van der Waals surface area (Å²) in [5.74, 6) is 3.87. The van der Waals surface area contributed by atoms with E-state index in [2.05, 4.69) is 31.9 Å². The minimum Gasteiger partial charge on any atom is -0.462 e. The predicted octanol–water partition coefficient (Wildman–Crippen LogP) is 2.04. The van der Waals surface area contributed by atoms with Crippen molar-refractivity contribution >= 4 is 42.4 Å². The number of imidazole rings is 1. The highest BCUT2D eigenvalue weighted by Crippen LogP contribution is 2.48. The van der Waals surface area contributed by atoms with E-state index in [1.165, 1.54) is 30.0 Å². The van der Waals surface area contributed by atoms with E-state index in [0.717, 1.165) is 0 Å². The van der Waals surface area contributed by atoms with Gasteiger partial charge in [0.05, 0.1) is 19.0 Å². The zero-order valence-corrected chi connectivity index (χ0v) is 24.3. The number of nitrogens with zero attached hydrogens (tertiary/aromatic N) is 3. The number of hydrogen-bond acceptors (Lipinski definition) is 11. The van der Waals surface area contributed by atoms with Crippen molar-refractivity contribution in [3.8, 4) is 17.6 Å². The van der Waals surface area contributed by atoms with Crippen LogP contribution in [-0.2, 0) is 23.4 Å². The first-order valence-corrected chi connectivity index (χ1v) is 14.6. The molecular formula is C25H29ClFN6O8P. The zero-order valence-electron chi connectivity index (χ0n) is 22.7. The molecule has 17 heteroatoms. The number of benzene rings is 1. The molecule has 2 unspecified atom stereocenters. The SMILES string of the molecule is CC(C)OC(=O)[C@H](C)NP(=O)(OC[C@H]1O[C@@H](n2cnc3c(=O)[nH]c(N)nc32)[C@@](Cl)(C#CCF)C1O)Oc1ccccc1. The van der Waals surface area contributed by atoms with Crippen LogP contribution in [0.25, 0.3) is 11.2 Å². The Kier molecular flexibility index (Phi) is 9.56. The number of carbonyl (C=O) groups is 1. The standard InChI is InChI=1S/C25H29ClFN6O8P/c1-14(2)39-22(36)15(3)32-42(37,41-16-8-5-4-6-9-16)38-12-17-19(34)25(26,10-7-11-27)23(40-17)33-13-29-18-20(33)30-24(28)31-21(18)35/h4-6,8-9,13-15,17,19,23,34H,11-12H2,1-3H3,(H,32,37)(H3,28,30,31,35)/t15-,17+,19?,23+,25+,42?/m0/s1. The first-order valence-electron chi connectivity index (χ1n) is 12.6. The van der Waals surface area contributed by atoms with Crippen molar-refractivity contribution in [1.82, 2.24) is 24.6 Å². The van der Waals surface area contributed by atoms with E-state index in [0.29, 0.717) is 0 Å². The molecule has 0 amide bonds. The molecule has 6 atom stereocenters. The number of hydrogen-bond donors (Lipinski definition) is 4. The number of rotatable bonds is 10. The minimum atomic E-state index is -4.34. The Morgan fingerprint density at radius 3 is 2.76 bits per heavy atom. The molecule has 0 spiro atoms. The number of aromatic amines is 1. The van der Waals surface area contributed by atoms with Gasteiger partial charge >= 0.3 is 13.7 Å². The summed E-state index contributed by atoms with van der Waals surface area (Å²) in [6.45, 7) is 3.04. The molecule has 1 aromatic carbocycles. The summed E-state index contributed by atoms with van der Waals surface area (Å²) in [5, 5.41) is 13.7. The van der Waals surface area contributed by atoms with Crippen LogP contribution in [-0.4, -0.2) is 73.1 Å². The molecule has 226 valence electrons. The summed E-state index contributed by atoms with van der Waals surface area (Å²) >= 11 is 6.74. The fraction of sp³-hybridized carbons (Fsp3) is 0.440. The summed E-state index contributed by atoms with van der Waals surface area (Å²) in [5.41, 5.74) is 4.90. The fourth-order valence-electron chi connectivity index (χ4n) is 4.08. The smallest absolute Gasteiger partial charge is 0.459 e. The quantitative estimate of drug-likeness (QED) is 0.111. The van der Waals surface area contributed by atoms with Crippen molar-refractivity contribution in [2.75, 3.05) is 19.0 Å². The average Bonchev–Trinajstić information content (AvgIpc) is 3.45. The lowest BCUT2D eigenvalue weighted by Crippen LogP contribution is -2.42. The number of alkyl halides is 2. The number of nitrogens with one attached hydrogen (secondary N) is 2. The number of fused-ring (bicyclic) bond motifs is 1. The molecule has 0 bridgehead atoms. The maximum absolute atomic E-state index is 13.9. The molecule has 0 radical (unpaired) electrons. The van der Waals surface area contributed by atoms with Crippen LogP contribution >= 0.6 is 19.3 Å². The van der Waals surface area contributed by atoms with E-state index in [9.17, 15) is 23.7 Å². The molecule has 4 rings (SSSR count). The number of H-pyrrole nitrogens is 1. The summed E-state index contributed by atoms with van der Waals surface area (Å²) in [6.07, 6.45) is -3.63. The van der Waals surface area contributed by atoms with E-state index in [1.807, 2.05) is 0 Å². The number of aliphatic hydroxyl groups excluding tert-OH is 1. The molecule has 0 saturated carbocycles. The number of aliphatic hydroxyl groups is 1. The second-order valence-corrected chi connectivity index (χ2v) is 11.8. The summed E-state index contributed by atoms with van der Waals surface area (Å²) in [7, 11) is -4.34. The summed E-state index contributed by atoms with van der Waals surface area (Å²) in [4.78, 5) is 33.1. The van der Waals surface area contributed by atoms with Crippen molar-refractivity contribution in [2.45, 2.75) is 56.2 Å². The van der Waals surface area contributed by atoms with Crippen molar-refractivity contribution in [3.05, 3.63) is 47.0 Å². The number of carbonyl (C=O) groups excluding carboxylic acids is 1. The van der Waals surface area contributed by atoms with Crippen LogP contribution in [0.1, 0.15) is 27.0 Å². The molecule has 1 aliphatic rings. The third kappa shape index (κ3) is 6.75. The van der Waals surface area contributed by atoms with Crippen LogP contribution in [0, 0.1) is 11.8 Å². The molecule has 3 aromatic rings. The average molecular weight is 627 g/mol. The van der Waals surface area contributed by atoms with E-state index in [1.54, 1.807) is 32.0 Å². The molecule has 3 heterocycles. The first kappa shape index (κ1) is 31.4. The van der Waals surface area contributed by atoms with Crippen LogP contribution in [0.2, 0.25) is 0 Å². The fourth-order valence-corrected chi connectivity index (χ4v) is 5.95. The Hall–Kier alpha value is -3.51. The van der Waals surface area contributed by atoms with Gasteiger partial charge in [0.25, 0.3) is 5.56 Å². The third-order valence-electron chi connectivity index (χ3n) is 5.93. The van der Waals surface area contributed by atoms with Gasteiger partial charge in [0.15, 0.2) is 22.3 Å². The molecule has 1 saturated heterocycles. The molecule has 1 aliphatic heterocycles. The highest BCUT2D eigenvalue weighted by Gasteiger charge is 2.56. The Balaban J connectivity index is 1.63. The first-order chi connectivity index (χ1) is 19.9.